The van der Waals surface area contributed by atoms with E-state index in [1.54, 1.807) is 23.1 Å². The number of anilines is 2. The standard InChI is InChI=1S/C20H20N2O4/c1-13-10-15-6-3-4-9-18(15)22(13)19(24)12-26-20(25)16-7-5-8-17(11-16)21-14(2)23/h3-9,11,13H,10,12H2,1-2H3,(H,21,23). The summed E-state index contributed by atoms with van der Waals surface area (Å²) < 4.78 is 5.18. The summed E-state index contributed by atoms with van der Waals surface area (Å²) in [6, 6.07) is 14.2. The number of para-hydroxylation sites is 1. The number of hydrogen-bond acceptors (Lipinski definition) is 4. The van der Waals surface area contributed by atoms with E-state index in [-0.39, 0.29) is 30.0 Å². The Labute approximate surface area is 151 Å². The SMILES string of the molecule is CC(=O)Nc1cccc(C(=O)OCC(=O)N2c3ccccc3CC2C)c1. The molecule has 0 aliphatic carbocycles. The number of benzene rings is 2. The summed E-state index contributed by atoms with van der Waals surface area (Å²) in [5, 5.41) is 2.60. The number of carbonyl (C=O) groups excluding carboxylic acids is 3. The fraction of sp³-hybridized carbons (Fsp3) is 0.250. The Morgan fingerprint density at radius 3 is 2.69 bits per heavy atom. The summed E-state index contributed by atoms with van der Waals surface area (Å²) in [6.07, 6.45) is 0.786. The predicted octanol–water partition coefficient (Wildman–Crippen LogP) is 2.78. The van der Waals surface area contributed by atoms with Crippen LogP contribution in [-0.4, -0.2) is 30.4 Å². The maximum absolute atomic E-state index is 12.6. The van der Waals surface area contributed by atoms with Gasteiger partial charge in [0.15, 0.2) is 6.61 Å². The Bertz CT molecular complexity index is 862. The number of nitrogens with zero attached hydrogens (tertiary/aromatic N) is 1. The van der Waals surface area contributed by atoms with Crippen LogP contribution in [0.25, 0.3) is 0 Å². The molecule has 6 heteroatoms. The monoisotopic (exact) mass is 352 g/mol. The van der Waals surface area contributed by atoms with Crippen molar-refractivity contribution in [1.82, 2.24) is 0 Å². The lowest BCUT2D eigenvalue weighted by Crippen LogP contribution is -2.38. The van der Waals surface area contributed by atoms with Crippen LogP contribution in [0.1, 0.15) is 29.8 Å². The Hall–Kier alpha value is -3.15. The van der Waals surface area contributed by atoms with Gasteiger partial charge in [0.05, 0.1) is 5.56 Å². The first-order valence-electron chi connectivity index (χ1n) is 8.40. The van der Waals surface area contributed by atoms with Gasteiger partial charge in [0.1, 0.15) is 0 Å². The minimum Gasteiger partial charge on any atom is -0.452 e. The molecule has 1 aliphatic heterocycles. The van der Waals surface area contributed by atoms with Gasteiger partial charge >= 0.3 is 5.97 Å². The molecule has 0 fully saturated rings. The molecule has 1 heterocycles. The van der Waals surface area contributed by atoms with Crippen LogP contribution in [-0.2, 0) is 20.7 Å². The van der Waals surface area contributed by atoms with Crippen LogP contribution in [0.15, 0.2) is 48.5 Å². The van der Waals surface area contributed by atoms with Gasteiger partial charge in [-0.3, -0.25) is 9.59 Å². The lowest BCUT2D eigenvalue weighted by molar-refractivity contribution is -0.122. The van der Waals surface area contributed by atoms with Crippen LogP contribution in [0, 0.1) is 0 Å². The molecule has 26 heavy (non-hydrogen) atoms. The van der Waals surface area contributed by atoms with Gasteiger partial charge in [0.25, 0.3) is 5.91 Å². The highest BCUT2D eigenvalue weighted by atomic mass is 16.5. The van der Waals surface area contributed by atoms with Gasteiger partial charge in [-0.1, -0.05) is 24.3 Å². The zero-order chi connectivity index (χ0) is 18.7. The van der Waals surface area contributed by atoms with Gasteiger partial charge in [-0.2, -0.15) is 0 Å². The van der Waals surface area contributed by atoms with Crippen molar-refractivity contribution in [3.63, 3.8) is 0 Å². The molecule has 2 aromatic rings. The van der Waals surface area contributed by atoms with Crippen molar-refractivity contribution in [1.29, 1.82) is 0 Å². The Morgan fingerprint density at radius 1 is 1.15 bits per heavy atom. The highest BCUT2D eigenvalue weighted by molar-refractivity contribution is 5.99. The highest BCUT2D eigenvalue weighted by Crippen LogP contribution is 2.31. The fourth-order valence-corrected chi connectivity index (χ4v) is 3.15. The van der Waals surface area contributed by atoms with Crippen LogP contribution in [0.4, 0.5) is 11.4 Å². The lowest BCUT2D eigenvalue weighted by atomic mass is 10.1. The van der Waals surface area contributed by atoms with E-state index >= 15 is 0 Å². The number of carbonyl (C=O) groups is 3. The molecule has 0 saturated carbocycles. The highest BCUT2D eigenvalue weighted by Gasteiger charge is 2.31. The van der Waals surface area contributed by atoms with Crippen molar-refractivity contribution in [3.8, 4) is 0 Å². The van der Waals surface area contributed by atoms with Crippen molar-refractivity contribution in [2.24, 2.45) is 0 Å². The first-order valence-corrected chi connectivity index (χ1v) is 8.40. The van der Waals surface area contributed by atoms with Crippen molar-refractivity contribution in [2.75, 3.05) is 16.8 Å². The maximum atomic E-state index is 12.6. The summed E-state index contributed by atoms with van der Waals surface area (Å²) in [5.41, 5.74) is 2.76. The second-order valence-corrected chi connectivity index (χ2v) is 6.28. The van der Waals surface area contributed by atoms with Gasteiger partial charge in [-0.25, -0.2) is 4.79 Å². The molecule has 0 bridgehead atoms. The number of nitrogens with one attached hydrogen (secondary N) is 1. The Morgan fingerprint density at radius 2 is 1.92 bits per heavy atom. The minimum atomic E-state index is -0.606. The van der Waals surface area contributed by atoms with E-state index in [0.717, 1.165) is 17.7 Å². The Kier molecular flexibility index (Phi) is 5.02. The molecule has 0 aromatic heterocycles. The predicted molar refractivity (Wildman–Crippen MR) is 98.1 cm³/mol. The second kappa shape index (κ2) is 7.39. The number of amides is 2. The van der Waals surface area contributed by atoms with Gasteiger partial charge in [0.2, 0.25) is 5.91 Å². The molecule has 0 radical (unpaired) electrons. The molecule has 1 unspecified atom stereocenters. The number of rotatable bonds is 4. The van der Waals surface area contributed by atoms with Gasteiger partial charge < -0.3 is 15.0 Å². The average Bonchev–Trinajstić information content (AvgIpc) is 2.94. The van der Waals surface area contributed by atoms with E-state index in [9.17, 15) is 14.4 Å². The first-order chi connectivity index (χ1) is 12.5. The number of ether oxygens (including phenoxy) is 1. The zero-order valence-electron chi connectivity index (χ0n) is 14.7. The molecule has 1 aliphatic rings. The summed E-state index contributed by atoms with van der Waals surface area (Å²) in [4.78, 5) is 37.6. The van der Waals surface area contributed by atoms with Crippen LogP contribution in [0.3, 0.4) is 0 Å². The maximum Gasteiger partial charge on any atom is 0.338 e. The molecule has 0 saturated heterocycles. The second-order valence-electron chi connectivity index (χ2n) is 6.28. The zero-order valence-corrected chi connectivity index (χ0v) is 14.7. The van der Waals surface area contributed by atoms with Crippen LogP contribution < -0.4 is 10.2 Å². The molecule has 2 amide bonds. The van der Waals surface area contributed by atoms with Crippen LogP contribution in [0.2, 0.25) is 0 Å². The molecule has 3 rings (SSSR count). The van der Waals surface area contributed by atoms with Gasteiger partial charge in [-0.05, 0) is 43.2 Å². The normalized spacial score (nSPS) is 15.3. The molecule has 6 nitrogen and oxygen atoms in total. The van der Waals surface area contributed by atoms with Crippen molar-refractivity contribution >= 4 is 29.2 Å². The molecule has 1 N–H and O–H groups in total. The van der Waals surface area contributed by atoms with Gasteiger partial charge in [0, 0.05) is 24.3 Å². The molecular formula is C20H20N2O4. The van der Waals surface area contributed by atoms with E-state index in [2.05, 4.69) is 5.32 Å². The third kappa shape index (κ3) is 3.74. The summed E-state index contributed by atoms with van der Waals surface area (Å²) >= 11 is 0. The summed E-state index contributed by atoms with van der Waals surface area (Å²) in [5.74, 6) is -1.09. The minimum absolute atomic E-state index is 0.0293. The molecule has 0 spiro atoms. The van der Waals surface area contributed by atoms with Crippen molar-refractivity contribution < 1.29 is 19.1 Å². The quantitative estimate of drug-likeness (QED) is 0.859. The van der Waals surface area contributed by atoms with E-state index in [0.29, 0.717) is 5.69 Å². The molecular weight excluding hydrogens is 332 g/mol. The molecule has 2 aromatic carbocycles. The van der Waals surface area contributed by atoms with E-state index in [4.69, 9.17) is 4.74 Å². The van der Waals surface area contributed by atoms with E-state index in [1.807, 2.05) is 31.2 Å². The third-order valence-electron chi connectivity index (χ3n) is 4.22. The van der Waals surface area contributed by atoms with E-state index in [1.165, 1.54) is 13.0 Å². The smallest absolute Gasteiger partial charge is 0.338 e. The van der Waals surface area contributed by atoms with Crippen molar-refractivity contribution in [3.05, 3.63) is 59.7 Å². The number of fused-ring (bicyclic) bond motifs is 1. The van der Waals surface area contributed by atoms with Crippen molar-refractivity contribution in [2.45, 2.75) is 26.3 Å². The van der Waals surface area contributed by atoms with Crippen LogP contribution >= 0.6 is 0 Å². The summed E-state index contributed by atoms with van der Waals surface area (Å²) in [7, 11) is 0. The number of hydrogen-bond donors (Lipinski definition) is 1. The summed E-state index contributed by atoms with van der Waals surface area (Å²) in [6.45, 7) is 3.03. The number of esters is 1. The fourth-order valence-electron chi connectivity index (χ4n) is 3.15. The molecule has 1 atom stereocenters. The molecule has 134 valence electrons. The topological polar surface area (TPSA) is 75.7 Å². The van der Waals surface area contributed by atoms with Gasteiger partial charge in [-0.15, -0.1) is 0 Å². The average molecular weight is 352 g/mol. The first kappa shape index (κ1) is 17.7. The third-order valence-corrected chi connectivity index (χ3v) is 4.22. The Balaban J connectivity index is 1.65. The largest absolute Gasteiger partial charge is 0.452 e. The van der Waals surface area contributed by atoms with E-state index < -0.39 is 5.97 Å². The van der Waals surface area contributed by atoms with Crippen LogP contribution in [0.5, 0.6) is 0 Å². The lowest BCUT2D eigenvalue weighted by Gasteiger charge is -2.22.